The summed E-state index contributed by atoms with van der Waals surface area (Å²) in [5.41, 5.74) is 2.27. The number of anilines is 1. The second kappa shape index (κ2) is 9.54. The summed E-state index contributed by atoms with van der Waals surface area (Å²) in [7, 11) is 1.58. The largest absolute Gasteiger partial charge is 0.496 e. The van der Waals surface area contributed by atoms with E-state index in [0.717, 1.165) is 37.1 Å². The van der Waals surface area contributed by atoms with E-state index in [1.54, 1.807) is 19.2 Å². The number of carbonyl (C=O) groups excluding carboxylic acids is 1. The summed E-state index contributed by atoms with van der Waals surface area (Å²) in [6.07, 6.45) is 2.13. The van der Waals surface area contributed by atoms with Gasteiger partial charge in [-0.3, -0.25) is 9.69 Å². The zero-order chi connectivity index (χ0) is 22.7. The number of ether oxygens (including phenoxy) is 1. The zero-order valence-corrected chi connectivity index (χ0v) is 18.4. The van der Waals surface area contributed by atoms with Crippen molar-refractivity contribution in [2.45, 2.75) is 38.8 Å². The summed E-state index contributed by atoms with van der Waals surface area (Å²) in [6, 6.07) is 12.7. The molecule has 0 bridgehead atoms. The van der Waals surface area contributed by atoms with Crippen molar-refractivity contribution >= 4 is 22.6 Å². The lowest BCUT2D eigenvalue weighted by Crippen LogP contribution is -2.22. The Kier molecular flexibility index (Phi) is 6.58. The van der Waals surface area contributed by atoms with Gasteiger partial charge in [-0.15, -0.1) is 0 Å². The normalized spacial score (nSPS) is 16.4. The van der Waals surface area contributed by atoms with Gasteiger partial charge in [0.05, 0.1) is 13.2 Å². The molecule has 1 fully saturated rings. The third kappa shape index (κ3) is 4.69. The van der Waals surface area contributed by atoms with Crippen molar-refractivity contribution in [2.24, 2.45) is 0 Å². The molecule has 1 saturated heterocycles. The van der Waals surface area contributed by atoms with Crippen LogP contribution in [0.25, 0.3) is 11.0 Å². The van der Waals surface area contributed by atoms with Crippen LogP contribution in [-0.4, -0.2) is 42.2 Å². The van der Waals surface area contributed by atoms with Crippen LogP contribution in [0.5, 0.6) is 5.75 Å². The Labute approximate surface area is 186 Å². The van der Waals surface area contributed by atoms with E-state index in [-0.39, 0.29) is 11.7 Å². The highest BCUT2D eigenvalue weighted by Crippen LogP contribution is 2.29. The molecule has 168 valence electrons. The Balaban J connectivity index is 1.52. The highest BCUT2D eigenvalue weighted by Gasteiger charge is 2.20. The smallest absolute Gasteiger partial charge is 0.349 e. The number of carbonyl (C=O) groups is 1. The molecule has 1 atom stereocenters. The van der Waals surface area contributed by atoms with Gasteiger partial charge in [0.15, 0.2) is 0 Å². The van der Waals surface area contributed by atoms with Crippen molar-refractivity contribution in [1.82, 2.24) is 4.90 Å². The van der Waals surface area contributed by atoms with Crippen LogP contribution in [0.1, 0.15) is 41.3 Å². The van der Waals surface area contributed by atoms with Crippen LogP contribution in [0.3, 0.4) is 0 Å². The summed E-state index contributed by atoms with van der Waals surface area (Å²) in [4.78, 5) is 27.6. The molecular formula is C25H28N2O5. The Morgan fingerprint density at radius 2 is 2.03 bits per heavy atom. The number of fused-ring (bicyclic) bond motifs is 1. The number of nitrogens with zero attached hydrogens (tertiary/aromatic N) is 1. The first kappa shape index (κ1) is 22.0. The van der Waals surface area contributed by atoms with E-state index in [0.29, 0.717) is 35.4 Å². The number of hydrogen-bond donors (Lipinski definition) is 2. The number of methoxy groups -OCH3 is 1. The third-order valence-electron chi connectivity index (χ3n) is 5.79. The highest BCUT2D eigenvalue weighted by atomic mass is 16.5. The Hall–Kier alpha value is -3.16. The van der Waals surface area contributed by atoms with E-state index in [2.05, 4.69) is 10.2 Å². The van der Waals surface area contributed by atoms with Crippen molar-refractivity contribution in [3.8, 4) is 5.75 Å². The van der Waals surface area contributed by atoms with Crippen LogP contribution in [0.15, 0.2) is 51.7 Å². The first-order chi connectivity index (χ1) is 15.5. The van der Waals surface area contributed by atoms with Gasteiger partial charge in [-0.25, -0.2) is 4.79 Å². The number of aliphatic hydroxyl groups is 1. The maximum absolute atomic E-state index is 12.8. The minimum absolute atomic E-state index is 0.0414. The summed E-state index contributed by atoms with van der Waals surface area (Å²) >= 11 is 0. The minimum atomic E-state index is -0.676. The summed E-state index contributed by atoms with van der Waals surface area (Å²) < 4.78 is 11.0. The Morgan fingerprint density at radius 3 is 2.69 bits per heavy atom. The molecule has 0 spiro atoms. The third-order valence-corrected chi connectivity index (χ3v) is 5.79. The van der Waals surface area contributed by atoms with Crippen molar-refractivity contribution < 1.29 is 19.1 Å². The second-order valence-electron chi connectivity index (χ2n) is 8.19. The molecule has 4 rings (SSSR count). The number of benzene rings is 2. The van der Waals surface area contributed by atoms with Gasteiger partial charge in [-0.1, -0.05) is 25.5 Å². The van der Waals surface area contributed by atoms with Crippen molar-refractivity contribution in [3.05, 3.63) is 69.6 Å². The van der Waals surface area contributed by atoms with E-state index < -0.39 is 11.5 Å². The standard InChI is InChI=1S/C25H28N2O5/c1-3-4-20-22(31-2)10-7-17-13-21(25(30)32-23(17)20)24(29)26-18-8-5-16(6-9-18)14-27-12-11-19(28)15-27/h5-10,13,19,28H,3-4,11-12,14-15H2,1-2H3,(H,26,29)/t19-/m0/s1. The Bertz CT molecular complexity index is 1170. The van der Waals surface area contributed by atoms with Gasteiger partial charge in [-0.05, 0) is 48.7 Å². The predicted octanol–water partition coefficient (Wildman–Crippen LogP) is 3.57. The highest BCUT2D eigenvalue weighted by molar-refractivity contribution is 6.05. The van der Waals surface area contributed by atoms with Crippen LogP contribution in [0.2, 0.25) is 0 Å². The quantitative estimate of drug-likeness (QED) is 0.550. The molecule has 0 saturated carbocycles. The molecule has 1 aromatic heterocycles. The van der Waals surface area contributed by atoms with E-state index in [4.69, 9.17) is 9.15 Å². The molecule has 1 aliphatic heterocycles. The lowest BCUT2D eigenvalue weighted by Gasteiger charge is -2.15. The van der Waals surface area contributed by atoms with Gasteiger partial charge in [0, 0.05) is 36.3 Å². The van der Waals surface area contributed by atoms with Gasteiger partial charge in [-0.2, -0.15) is 0 Å². The molecule has 7 nitrogen and oxygen atoms in total. The number of aryl methyl sites for hydroxylation is 1. The fourth-order valence-corrected chi connectivity index (χ4v) is 4.17. The van der Waals surface area contributed by atoms with Gasteiger partial charge < -0.3 is 19.6 Å². The summed E-state index contributed by atoms with van der Waals surface area (Å²) in [5.74, 6) is 0.159. The number of likely N-dealkylation sites (tertiary alicyclic amines) is 1. The van der Waals surface area contributed by atoms with E-state index in [1.165, 1.54) is 0 Å². The molecule has 2 aromatic carbocycles. The molecule has 1 amide bonds. The number of amides is 1. The van der Waals surface area contributed by atoms with Gasteiger partial charge in [0.2, 0.25) is 0 Å². The van der Waals surface area contributed by atoms with Crippen LogP contribution in [0, 0.1) is 0 Å². The first-order valence-electron chi connectivity index (χ1n) is 10.9. The summed E-state index contributed by atoms with van der Waals surface area (Å²) in [5, 5.41) is 13.1. The van der Waals surface area contributed by atoms with Crippen molar-refractivity contribution in [1.29, 1.82) is 0 Å². The molecule has 0 radical (unpaired) electrons. The number of nitrogens with one attached hydrogen (secondary N) is 1. The molecule has 2 N–H and O–H groups in total. The SMILES string of the molecule is CCCc1c(OC)ccc2cc(C(=O)Nc3ccc(CN4CC[C@H](O)C4)cc3)c(=O)oc12. The average Bonchev–Trinajstić information content (AvgIpc) is 3.19. The number of aliphatic hydroxyl groups excluding tert-OH is 1. The second-order valence-corrected chi connectivity index (χ2v) is 8.19. The fraction of sp³-hybridized carbons (Fsp3) is 0.360. The summed E-state index contributed by atoms with van der Waals surface area (Å²) in [6.45, 7) is 4.35. The van der Waals surface area contributed by atoms with Gasteiger partial charge in [0.25, 0.3) is 5.91 Å². The maximum atomic E-state index is 12.8. The van der Waals surface area contributed by atoms with Crippen LogP contribution in [0.4, 0.5) is 5.69 Å². The maximum Gasteiger partial charge on any atom is 0.349 e. The molecule has 32 heavy (non-hydrogen) atoms. The van der Waals surface area contributed by atoms with E-state index in [9.17, 15) is 14.7 Å². The monoisotopic (exact) mass is 436 g/mol. The number of hydrogen-bond acceptors (Lipinski definition) is 6. The molecule has 3 aromatic rings. The number of β-amino-alcohol motifs (C(OH)–C–C–N with tert-alkyl or cyclic N) is 1. The lowest BCUT2D eigenvalue weighted by molar-refractivity contribution is 0.102. The Morgan fingerprint density at radius 1 is 1.25 bits per heavy atom. The van der Waals surface area contributed by atoms with Crippen LogP contribution >= 0.6 is 0 Å². The van der Waals surface area contributed by atoms with Crippen molar-refractivity contribution in [2.75, 3.05) is 25.5 Å². The van der Waals surface area contributed by atoms with Crippen LogP contribution in [-0.2, 0) is 13.0 Å². The van der Waals surface area contributed by atoms with Gasteiger partial charge >= 0.3 is 5.63 Å². The minimum Gasteiger partial charge on any atom is -0.496 e. The average molecular weight is 437 g/mol. The molecular weight excluding hydrogens is 408 g/mol. The topological polar surface area (TPSA) is 92.0 Å². The number of rotatable bonds is 7. The molecule has 7 heteroatoms. The predicted molar refractivity (Wildman–Crippen MR) is 123 cm³/mol. The molecule has 0 aliphatic carbocycles. The van der Waals surface area contributed by atoms with E-state index in [1.807, 2.05) is 37.3 Å². The zero-order valence-electron chi connectivity index (χ0n) is 18.4. The molecule has 0 unspecified atom stereocenters. The molecule has 1 aliphatic rings. The fourth-order valence-electron chi connectivity index (χ4n) is 4.17. The van der Waals surface area contributed by atoms with E-state index >= 15 is 0 Å². The lowest BCUT2D eigenvalue weighted by atomic mass is 10.0. The van der Waals surface area contributed by atoms with Crippen LogP contribution < -0.4 is 15.7 Å². The molecule has 2 heterocycles. The first-order valence-corrected chi connectivity index (χ1v) is 10.9. The van der Waals surface area contributed by atoms with Crippen molar-refractivity contribution in [3.63, 3.8) is 0 Å². The van der Waals surface area contributed by atoms with Gasteiger partial charge in [0.1, 0.15) is 16.9 Å².